The molecule has 2 aliphatic rings. The van der Waals surface area contributed by atoms with Crippen LogP contribution in [0.15, 0.2) is 23.2 Å². The van der Waals surface area contributed by atoms with Gasteiger partial charge in [-0.15, -0.1) is 0 Å². The van der Waals surface area contributed by atoms with Crippen LogP contribution in [0.5, 0.6) is 11.5 Å². The van der Waals surface area contributed by atoms with Gasteiger partial charge in [-0.3, -0.25) is 9.79 Å². The minimum absolute atomic E-state index is 0.0983. The van der Waals surface area contributed by atoms with Crippen molar-refractivity contribution in [2.75, 3.05) is 20.7 Å². The molecule has 0 radical (unpaired) electrons. The standard InChI is InChI=1S/C21H32N4O3/c1-22-21(23-11-10-14-6-9-18(28-2)13-19(14)26)25-17-5-3-4-15(12-17)20(27)24-16-7-8-16/h6,9,13,15-17,26H,3-5,7-8,10-12H2,1-2H3,(H,24,27)(H2,22,23,25). The number of phenolic OH excluding ortho intramolecular Hbond substituents is 1. The number of rotatable bonds is 7. The highest BCUT2D eigenvalue weighted by molar-refractivity contribution is 5.81. The molecule has 0 aromatic heterocycles. The van der Waals surface area contributed by atoms with Gasteiger partial charge in [-0.1, -0.05) is 12.5 Å². The van der Waals surface area contributed by atoms with E-state index >= 15 is 0 Å². The number of amides is 1. The van der Waals surface area contributed by atoms with Gasteiger partial charge in [0.25, 0.3) is 0 Å². The van der Waals surface area contributed by atoms with E-state index < -0.39 is 0 Å². The van der Waals surface area contributed by atoms with Crippen LogP contribution < -0.4 is 20.7 Å². The third-order valence-corrected chi connectivity index (χ3v) is 5.51. The summed E-state index contributed by atoms with van der Waals surface area (Å²) in [4.78, 5) is 16.6. The van der Waals surface area contributed by atoms with E-state index in [9.17, 15) is 9.90 Å². The number of nitrogens with zero attached hydrogens (tertiary/aromatic N) is 1. The quantitative estimate of drug-likeness (QED) is 0.423. The highest BCUT2D eigenvalue weighted by atomic mass is 16.5. The minimum Gasteiger partial charge on any atom is -0.508 e. The fourth-order valence-electron chi connectivity index (χ4n) is 3.69. The Morgan fingerprint density at radius 1 is 1.21 bits per heavy atom. The van der Waals surface area contributed by atoms with Crippen LogP contribution in [-0.4, -0.2) is 49.8 Å². The molecule has 2 atom stereocenters. The van der Waals surface area contributed by atoms with Gasteiger partial charge in [0.05, 0.1) is 7.11 Å². The molecule has 2 fully saturated rings. The predicted molar refractivity (Wildman–Crippen MR) is 110 cm³/mol. The van der Waals surface area contributed by atoms with Gasteiger partial charge in [0, 0.05) is 37.7 Å². The number of hydrogen-bond acceptors (Lipinski definition) is 4. The van der Waals surface area contributed by atoms with E-state index in [4.69, 9.17) is 4.74 Å². The van der Waals surface area contributed by atoms with Gasteiger partial charge >= 0.3 is 0 Å². The van der Waals surface area contributed by atoms with E-state index in [1.807, 2.05) is 12.1 Å². The van der Waals surface area contributed by atoms with Crippen molar-refractivity contribution in [2.45, 2.75) is 57.0 Å². The number of nitrogens with one attached hydrogen (secondary N) is 3. The van der Waals surface area contributed by atoms with E-state index in [1.54, 1.807) is 20.2 Å². The van der Waals surface area contributed by atoms with Crippen LogP contribution in [0.3, 0.4) is 0 Å². The Hall–Kier alpha value is -2.44. The Labute approximate surface area is 167 Å². The van der Waals surface area contributed by atoms with E-state index in [1.165, 1.54) is 0 Å². The second-order valence-corrected chi connectivity index (χ2v) is 7.73. The lowest BCUT2D eigenvalue weighted by Gasteiger charge is -2.30. The molecule has 1 amide bonds. The van der Waals surface area contributed by atoms with Gasteiger partial charge in [0.2, 0.25) is 5.91 Å². The zero-order valence-electron chi connectivity index (χ0n) is 16.8. The summed E-state index contributed by atoms with van der Waals surface area (Å²) in [7, 11) is 3.33. The van der Waals surface area contributed by atoms with Gasteiger partial charge in [0.1, 0.15) is 11.5 Å². The molecule has 2 aliphatic carbocycles. The Morgan fingerprint density at radius 3 is 2.71 bits per heavy atom. The Bertz CT molecular complexity index is 703. The first-order chi connectivity index (χ1) is 13.6. The predicted octanol–water partition coefficient (Wildman–Crippen LogP) is 1.95. The molecule has 0 saturated heterocycles. The highest BCUT2D eigenvalue weighted by Crippen LogP contribution is 2.27. The number of phenols is 1. The molecule has 7 nitrogen and oxygen atoms in total. The molecule has 0 spiro atoms. The van der Waals surface area contributed by atoms with Crippen LogP contribution in [0, 0.1) is 5.92 Å². The van der Waals surface area contributed by atoms with Gasteiger partial charge in [-0.05, 0) is 50.2 Å². The molecule has 2 saturated carbocycles. The summed E-state index contributed by atoms with van der Waals surface area (Å²) in [5.74, 6) is 1.93. The third kappa shape index (κ3) is 5.78. The van der Waals surface area contributed by atoms with Gasteiger partial charge in [-0.25, -0.2) is 0 Å². The van der Waals surface area contributed by atoms with E-state index in [2.05, 4.69) is 20.9 Å². The van der Waals surface area contributed by atoms with Crippen molar-refractivity contribution >= 4 is 11.9 Å². The number of carbonyl (C=O) groups is 1. The van der Waals surface area contributed by atoms with Gasteiger partial charge in [0.15, 0.2) is 5.96 Å². The average molecular weight is 389 g/mol. The summed E-state index contributed by atoms with van der Waals surface area (Å²) < 4.78 is 5.11. The molecule has 1 aromatic rings. The summed E-state index contributed by atoms with van der Waals surface area (Å²) in [5, 5.41) is 20.0. The first kappa shape index (κ1) is 20.3. The maximum atomic E-state index is 12.3. The number of hydrogen-bond donors (Lipinski definition) is 4. The van der Waals surface area contributed by atoms with Crippen molar-refractivity contribution in [3.8, 4) is 11.5 Å². The zero-order valence-corrected chi connectivity index (χ0v) is 16.8. The van der Waals surface area contributed by atoms with Crippen LogP contribution in [0.2, 0.25) is 0 Å². The van der Waals surface area contributed by atoms with Gasteiger partial charge < -0.3 is 25.8 Å². The zero-order chi connectivity index (χ0) is 19.9. The van der Waals surface area contributed by atoms with Crippen molar-refractivity contribution in [1.82, 2.24) is 16.0 Å². The van der Waals surface area contributed by atoms with Crippen LogP contribution in [0.1, 0.15) is 44.1 Å². The molecule has 1 aromatic carbocycles. The molecule has 0 heterocycles. The molecule has 2 unspecified atom stereocenters. The summed E-state index contributed by atoms with van der Waals surface area (Å²) >= 11 is 0. The maximum absolute atomic E-state index is 12.3. The van der Waals surface area contributed by atoms with Crippen molar-refractivity contribution < 1.29 is 14.6 Å². The van der Waals surface area contributed by atoms with Crippen molar-refractivity contribution in [3.63, 3.8) is 0 Å². The average Bonchev–Trinajstić information content (AvgIpc) is 3.52. The summed E-state index contributed by atoms with van der Waals surface area (Å²) in [6, 6.07) is 6.01. The molecule has 0 bridgehead atoms. The minimum atomic E-state index is 0.0983. The summed E-state index contributed by atoms with van der Waals surface area (Å²) in [6.07, 6.45) is 6.84. The van der Waals surface area contributed by atoms with Crippen LogP contribution in [-0.2, 0) is 11.2 Å². The van der Waals surface area contributed by atoms with E-state index in [-0.39, 0.29) is 23.6 Å². The first-order valence-corrected chi connectivity index (χ1v) is 10.2. The largest absolute Gasteiger partial charge is 0.508 e. The fourth-order valence-corrected chi connectivity index (χ4v) is 3.69. The lowest BCUT2D eigenvalue weighted by atomic mass is 9.85. The molecular weight excluding hydrogens is 356 g/mol. The molecule has 28 heavy (non-hydrogen) atoms. The molecular formula is C21H32N4O3. The number of aromatic hydroxyl groups is 1. The maximum Gasteiger partial charge on any atom is 0.223 e. The monoisotopic (exact) mass is 388 g/mol. The number of ether oxygens (including phenoxy) is 1. The van der Waals surface area contributed by atoms with Crippen LogP contribution >= 0.6 is 0 Å². The van der Waals surface area contributed by atoms with Crippen molar-refractivity contribution in [3.05, 3.63) is 23.8 Å². The molecule has 4 N–H and O–H groups in total. The fraction of sp³-hybridized carbons (Fsp3) is 0.619. The normalized spacial score (nSPS) is 22.4. The second-order valence-electron chi connectivity index (χ2n) is 7.73. The van der Waals surface area contributed by atoms with Crippen LogP contribution in [0.25, 0.3) is 0 Å². The number of aliphatic imine (C=N–C) groups is 1. The number of carbonyl (C=O) groups excluding carboxylic acids is 1. The molecule has 3 rings (SSSR count). The van der Waals surface area contributed by atoms with Crippen molar-refractivity contribution in [2.24, 2.45) is 10.9 Å². The lowest BCUT2D eigenvalue weighted by molar-refractivity contribution is -0.126. The van der Waals surface area contributed by atoms with E-state index in [0.29, 0.717) is 24.8 Å². The second kappa shape index (κ2) is 9.66. The number of guanidine groups is 1. The Morgan fingerprint density at radius 2 is 2.04 bits per heavy atom. The Balaban J connectivity index is 1.44. The van der Waals surface area contributed by atoms with E-state index in [0.717, 1.165) is 50.0 Å². The van der Waals surface area contributed by atoms with Crippen molar-refractivity contribution in [1.29, 1.82) is 0 Å². The summed E-state index contributed by atoms with van der Waals surface area (Å²) in [5.41, 5.74) is 0.859. The SMILES string of the molecule is CN=C(NCCc1ccc(OC)cc1O)NC1CCCC(C(=O)NC2CC2)C1. The number of methoxy groups -OCH3 is 1. The lowest BCUT2D eigenvalue weighted by Crippen LogP contribution is -2.47. The molecule has 154 valence electrons. The smallest absolute Gasteiger partial charge is 0.223 e. The topological polar surface area (TPSA) is 95.0 Å². The highest BCUT2D eigenvalue weighted by Gasteiger charge is 2.31. The molecule has 7 heteroatoms. The first-order valence-electron chi connectivity index (χ1n) is 10.2. The number of benzene rings is 1. The summed E-state index contributed by atoms with van der Waals surface area (Å²) in [6.45, 7) is 0.651. The van der Waals surface area contributed by atoms with Crippen LogP contribution in [0.4, 0.5) is 0 Å². The third-order valence-electron chi connectivity index (χ3n) is 5.51. The Kier molecular flexibility index (Phi) is 7.01. The van der Waals surface area contributed by atoms with Gasteiger partial charge in [-0.2, -0.15) is 0 Å². The molecule has 0 aliphatic heterocycles.